The molecule has 2 N–H and O–H groups in total. The van der Waals surface area contributed by atoms with Crippen LogP contribution in [-0.4, -0.2) is 21.0 Å². The Morgan fingerprint density at radius 1 is 1.21 bits per heavy atom. The summed E-state index contributed by atoms with van der Waals surface area (Å²) in [6.07, 6.45) is 2.06. The van der Waals surface area contributed by atoms with Crippen molar-refractivity contribution in [3.8, 4) is 0 Å². The third kappa shape index (κ3) is 3.02. The summed E-state index contributed by atoms with van der Waals surface area (Å²) in [7, 11) is 0. The minimum Gasteiger partial charge on any atom is -0.476 e. The SMILES string of the molecule is O=C(O)c1cnc(Nc2c(F)cc(Br)cc2F)cn1. The Morgan fingerprint density at radius 2 is 1.84 bits per heavy atom. The fraction of sp³-hybridized carbons (Fsp3) is 0. The molecule has 0 aliphatic heterocycles. The van der Waals surface area contributed by atoms with Crippen molar-refractivity contribution in [1.82, 2.24) is 9.97 Å². The van der Waals surface area contributed by atoms with Crippen molar-refractivity contribution >= 4 is 33.4 Å². The van der Waals surface area contributed by atoms with E-state index < -0.39 is 17.6 Å². The van der Waals surface area contributed by atoms with Gasteiger partial charge in [-0.3, -0.25) is 0 Å². The Balaban J connectivity index is 2.29. The maximum Gasteiger partial charge on any atom is 0.356 e. The number of aromatic nitrogens is 2. The van der Waals surface area contributed by atoms with E-state index >= 15 is 0 Å². The van der Waals surface area contributed by atoms with Crippen molar-refractivity contribution < 1.29 is 18.7 Å². The molecule has 8 heteroatoms. The van der Waals surface area contributed by atoms with Crippen molar-refractivity contribution in [3.63, 3.8) is 0 Å². The van der Waals surface area contributed by atoms with Crippen LogP contribution < -0.4 is 5.32 Å². The van der Waals surface area contributed by atoms with E-state index in [1.165, 1.54) is 0 Å². The summed E-state index contributed by atoms with van der Waals surface area (Å²) in [6, 6.07) is 2.18. The van der Waals surface area contributed by atoms with Gasteiger partial charge in [-0.15, -0.1) is 0 Å². The predicted octanol–water partition coefficient (Wildman–Crippen LogP) is 2.96. The summed E-state index contributed by atoms with van der Waals surface area (Å²) in [4.78, 5) is 17.8. The summed E-state index contributed by atoms with van der Waals surface area (Å²) < 4.78 is 27.3. The van der Waals surface area contributed by atoms with Crippen LogP contribution in [0.3, 0.4) is 0 Å². The molecule has 2 rings (SSSR count). The summed E-state index contributed by atoms with van der Waals surface area (Å²) in [5, 5.41) is 11.0. The van der Waals surface area contributed by atoms with Crippen LogP contribution in [0.5, 0.6) is 0 Å². The number of aromatic carboxylic acids is 1. The average molecular weight is 330 g/mol. The molecule has 0 amide bonds. The van der Waals surface area contributed by atoms with Gasteiger partial charge in [-0.25, -0.2) is 23.5 Å². The smallest absolute Gasteiger partial charge is 0.356 e. The number of halogens is 3. The molecule has 0 atom stereocenters. The van der Waals surface area contributed by atoms with E-state index in [-0.39, 0.29) is 21.7 Å². The summed E-state index contributed by atoms with van der Waals surface area (Å²) in [5.74, 6) is -2.82. The summed E-state index contributed by atoms with van der Waals surface area (Å²) >= 11 is 2.96. The molecule has 0 saturated carbocycles. The lowest BCUT2D eigenvalue weighted by molar-refractivity contribution is 0.0690. The van der Waals surface area contributed by atoms with Crippen molar-refractivity contribution in [2.45, 2.75) is 0 Å². The molecular weight excluding hydrogens is 324 g/mol. The van der Waals surface area contributed by atoms with E-state index in [0.29, 0.717) is 0 Å². The lowest BCUT2D eigenvalue weighted by atomic mass is 10.3. The number of hydrogen-bond acceptors (Lipinski definition) is 4. The average Bonchev–Trinajstić information content (AvgIpc) is 2.34. The molecule has 2 aromatic rings. The summed E-state index contributed by atoms with van der Waals surface area (Å²) in [5.41, 5.74) is -0.650. The highest BCUT2D eigenvalue weighted by molar-refractivity contribution is 9.10. The van der Waals surface area contributed by atoms with Gasteiger partial charge in [-0.2, -0.15) is 0 Å². The molecule has 0 aliphatic rings. The van der Waals surface area contributed by atoms with Crippen LogP contribution >= 0.6 is 15.9 Å². The standard InChI is InChI=1S/C11H6BrF2N3O2/c12-5-1-6(13)10(7(14)2-5)17-9-4-15-8(3-16-9)11(18)19/h1-4H,(H,16,17)(H,18,19). The number of benzene rings is 1. The van der Waals surface area contributed by atoms with Gasteiger partial charge in [0.2, 0.25) is 0 Å². The molecule has 5 nitrogen and oxygen atoms in total. The predicted molar refractivity (Wildman–Crippen MR) is 66.3 cm³/mol. The van der Waals surface area contributed by atoms with Gasteiger partial charge in [0.05, 0.1) is 12.4 Å². The first-order valence-electron chi connectivity index (χ1n) is 4.94. The molecule has 1 aromatic carbocycles. The Labute approximate surface area is 114 Å². The molecule has 1 heterocycles. The van der Waals surface area contributed by atoms with E-state index in [4.69, 9.17) is 5.11 Å². The maximum absolute atomic E-state index is 13.5. The molecule has 0 fully saturated rings. The Kier molecular flexibility index (Phi) is 3.70. The fourth-order valence-corrected chi connectivity index (χ4v) is 1.69. The second-order valence-electron chi connectivity index (χ2n) is 3.46. The topological polar surface area (TPSA) is 75.1 Å². The van der Waals surface area contributed by atoms with Gasteiger partial charge in [0.1, 0.15) is 11.5 Å². The number of rotatable bonds is 3. The van der Waals surface area contributed by atoms with Crippen LogP contribution in [0.2, 0.25) is 0 Å². The largest absolute Gasteiger partial charge is 0.476 e. The number of nitrogens with zero attached hydrogens (tertiary/aromatic N) is 2. The van der Waals surface area contributed by atoms with Crippen molar-refractivity contribution in [1.29, 1.82) is 0 Å². The van der Waals surface area contributed by atoms with Crippen LogP contribution in [0.25, 0.3) is 0 Å². The highest BCUT2D eigenvalue weighted by Crippen LogP contribution is 2.25. The van der Waals surface area contributed by atoms with Gasteiger partial charge in [-0.1, -0.05) is 15.9 Å². The molecule has 0 bridgehead atoms. The zero-order valence-corrected chi connectivity index (χ0v) is 10.8. The van der Waals surface area contributed by atoms with Gasteiger partial charge < -0.3 is 10.4 Å². The van der Waals surface area contributed by atoms with Gasteiger partial charge in [-0.05, 0) is 12.1 Å². The minimum absolute atomic E-state index is 0.0325. The highest BCUT2D eigenvalue weighted by atomic mass is 79.9. The van der Waals surface area contributed by atoms with Crippen LogP contribution in [0.15, 0.2) is 29.0 Å². The number of nitrogens with one attached hydrogen (secondary N) is 1. The maximum atomic E-state index is 13.5. The molecule has 1 aromatic heterocycles. The molecular formula is C11H6BrF2N3O2. The molecule has 0 unspecified atom stereocenters. The molecule has 19 heavy (non-hydrogen) atoms. The van der Waals surface area contributed by atoms with Crippen molar-refractivity contribution in [2.24, 2.45) is 0 Å². The van der Waals surface area contributed by atoms with Gasteiger partial charge in [0.15, 0.2) is 17.3 Å². The third-order valence-corrected chi connectivity index (χ3v) is 2.59. The van der Waals surface area contributed by atoms with Gasteiger partial charge in [0, 0.05) is 4.47 Å². The number of carboxylic acids is 1. The Morgan fingerprint density at radius 3 is 2.32 bits per heavy atom. The van der Waals surface area contributed by atoms with E-state index in [0.717, 1.165) is 24.5 Å². The zero-order valence-electron chi connectivity index (χ0n) is 9.19. The zero-order chi connectivity index (χ0) is 14.0. The van der Waals surface area contributed by atoms with E-state index in [2.05, 4.69) is 31.2 Å². The minimum atomic E-state index is -1.24. The van der Waals surface area contributed by atoms with Gasteiger partial charge >= 0.3 is 5.97 Å². The number of hydrogen-bond donors (Lipinski definition) is 2. The van der Waals surface area contributed by atoms with Crippen molar-refractivity contribution in [3.05, 3.63) is 46.3 Å². The Bertz CT molecular complexity index is 611. The van der Waals surface area contributed by atoms with Crippen LogP contribution in [0.1, 0.15) is 10.5 Å². The third-order valence-electron chi connectivity index (χ3n) is 2.13. The Hall–Kier alpha value is -2.09. The molecule has 0 spiro atoms. The molecule has 98 valence electrons. The first kappa shape index (κ1) is 13.3. The number of carboxylic acid groups (broad SMARTS) is 1. The van der Waals surface area contributed by atoms with E-state index in [9.17, 15) is 13.6 Å². The van der Waals surface area contributed by atoms with Crippen molar-refractivity contribution in [2.75, 3.05) is 5.32 Å². The highest BCUT2D eigenvalue weighted by Gasteiger charge is 2.12. The normalized spacial score (nSPS) is 10.3. The number of carbonyl (C=O) groups is 1. The fourth-order valence-electron chi connectivity index (χ4n) is 1.29. The van der Waals surface area contributed by atoms with Gasteiger partial charge in [0.25, 0.3) is 0 Å². The lowest BCUT2D eigenvalue weighted by Gasteiger charge is -2.08. The first-order valence-corrected chi connectivity index (χ1v) is 5.73. The monoisotopic (exact) mass is 329 g/mol. The lowest BCUT2D eigenvalue weighted by Crippen LogP contribution is -2.04. The van der Waals surface area contributed by atoms with Crippen LogP contribution in [0.4, 0.5) is 20.3 Å². The quantitative estimate of drug-likeness (QED) is 0.905. The molecule has 0 radical (unpaired) electrons. The van der Waals surface area contributed by atoms with Crippen LogP contribution in [-0.2, 0) is 0 Å². The second-order valence-corrected chi connectivity index (χ2v) is 4.38. The van der Waals surface area contributed by atoms with Crippen LogP contribution in [0, 0.1) is 11.6 Å². The molecule has 0 saturated heterocycles. The second kappa shape index (κ2) is 5.27. The summed E-state index contributed by atoms with van der Waals surface area (Å²) in [6.45, 7) is 0. The van der Waals surface area contributed by atoms with E-state index in [1.54, 1.807) is 0 Å². The molecule has 0 aliphatic carbocycles. The first-order chi connectivity index (χ1) is 8.97. The van der Waals surface area contributed by atoms with E-state index in [1.807, 2.05) is 0 Å². The number of anilines is 2.